The van der Waals surface area contributed by atoms with Gasteiger partial charge in [-0.1, -0.05) is 0 Å². The monoisotopic (exact) mass is 422 g/mol. The number of aromatic nitrogens is 2. The zero-order chi connectivity index (χ0) is 21.9. The summed E-state index contributed by atoms with van der Waals surface area (Å²) < 4.78 is 0. The predicted molar refractivity (Wildman–Crippen MR) is 107 cm³/mol. The van der Waals surface area contributed by atoms with E-state index in [4.69, 9.17) is 15.6 Å². The van der Waals surface area contributed by atoms with Crippen LogP contribution in [0.1, 0.15) is 36.2 Å². The lowest BCUT2D eigenvalue weighted by atomic mass is 9.94. The van der Waals surface area contributed by atoms with Crippen LogP contribution in [0.15, 0.2) is 12.5 Å². The van der Waals surface area contributed by atoms with Gasteiger partial charge in [0.2, 0.25) is 11.8 Å². The molecular formula is C19H30N6O5. The summed E-state index contributed by atoms with van der Waals surface area (Å²) >= 11 is 0. The number of nitrogens with one attached hydrogen (secondary N) is 2. The lowest BCUT2D eigenvalue weighted by Crippen LogP contribution is -2.47. The highest BCUT2D eigenvalue weighted by atomic mass is 16.3. The van der Waals surface area contributed by atoms with Crippen LogP contribution in [0, 0.1) is 11.8 Å². The standard InChI is InChI=1S/C18H28N6O3.CH2O2/c19-16(25)11-23-5-1-2-14(10-23)17(26)21-8-13-3-6-24(7-4-13)18(27)15-9-20-12-22-15;2-1-3/h9,12-14H,1-8,10-11H2,(H2,19,25)(H,20,22)(H,21,26);1H,(H,2,3). The molecule has 166 valence electrons. The quantitative estimate of drug-likeness (QED) is 0.440. The van der Waals surface area contributed by atoms with E-state index in [1.165, 1.54) is 6.33 Å². The molecule has 3 heterocycles. The number of carboxylic acid groups (broad SMARTS) is 1. The zero-order valence-corrected chi connectivity index (χ0v) is 17.0. The zero-order valence-electron chi connectivity index (χ0n) is 17.0. The van der Waals surface area contributed by atoms with Gasteiger partial charge in [-0.15, -0.1) is 0 Å². The molecule has 5 N–H and O–H groups in total. The third-order valence-corrected chi connectivity index (χ3v) is 5.45. The number of carbonyl (C=O) groups excluding carboxylic acids is 3. The SMILES string of the molecule is NC(=O)CN1CCCC(C(=O)NCC2CCN(C(=O)c3cnc[nH]3)CC2)C1.O=CO. The van der Waals surface area contributed by atoms with Crippen molar-refractivity contribution < 1.29 is 24.3 Å². The number of nitrogens with zero attached hydrogens (tertiary/aromatic N) is 3. The number of imidazole rings is 1. The summed E-state index contributed by atoms with van der Waals surface area (Å²) in [6, 6.07) is 0. The largest absolute Gasteiger partial charge is 0.483 e. The summed E-state index contributed by atoms with van der Waals surface area (Å²) in [5, 5.41) is 9.96. The van der Waals surface area contributed by atoms with E-state index >= 15 is 0 Å². The van der Waals surface area contributed by atoms with E-state index in [2.05, 4.69) is 15.3 Å². The van der Waals surface area contributed by atoms with Gasteiger partial charge in [0.25, 0.3) is 12.4 Å². The molecule has 2 aliphatic rings. The van der Waals surface area contributed by atoms with Crippen molar-refractivity contribution in [1.82, 2.24) is 25.1 Å². The van der Waals surface area contributed by atoms with E-state index in [9.17, 15) is 14.4 Å². The molecule has 1 aromatic rings. The maximum atomic E-state index is 12.5. The van der Waals surface area contributed by atoms with Gasteiger partial charge in [0, 0.05) is 26.2 Å². The minimum absolute atomic E-state index is 0.0215. The molecule has 0 aromatic carbocycles. The van der Waals surface area contributed by atoms with Crippen LogP contribution >= 0.6 is 0 Å². The topological polar surface area (TPSA) is 162 Å². The fourth-order valence-corrected chi connectivity index (χ4v) is 3.91. The second kappa shape index (κ2) is 11.9. The molecule has 0 saturated carbocycles. The molecule has 2 aliphatic heterocycles. The second-order valence-corrected chi connectivity index (χ2v) is 7.59. The number of hydrogen-bond donors (Lipinski definition) is 4. The Bertz CT molecular complexity index is 702. The van der Waals surface area contributed by atoms with E-state index in [0.29, 0.717) is 37.8 Å². The molecule has 3 rings (SSSR count). The molecule has 11 heteroatoms. The molecule has 3 amide bonds. The molecule has 11 nitrogen and oxygen atoms in total. The Morgan fingerprint density at radius 2 is 1.97 bits per heavy atom. The van der Waals surface area contributed by atoms with Gasteiger partial charge in [-0.05, 0) is 38.1 Å². The fourth-order valence-electron chi connectivity index (χ4n) is 3.91. The van der Waals surface area contributed by atoms with E-state index in [1.807, 2.05) is 9.80 Å². The Labute approximate surface area is 175 Å². The van der Waals surface area contributed by atoms with Crippen LogP contribution in [0.2, 0.25) is 0 Å². The van der Waals surface area contributed by atoms with Crippen molar-refractivity contribution in [2.75, 3.05) is 39.3 Å². The molecule has 2 fully saturated rings. The van der Waals surface area contributed by atoms with E-state index in [0.717, 1.165) is 32.2 Å². The number of likely N-dealkylation sites (tertiary alicyclic amines) is 2. The molecule has 0 radical (unpaired) electrons. The first-order chi connectivity index (χ1) is 14.4. The Balaban J connectivity index is 0.00000101. The van der Waals surface area contributed by atoms with Gasteiger partial charge < -0.3 is 26.0 Å². The van der Waals surface area contributed by atoms with Crippen molar-refractivity contribution in [1.29, 1.82) is 0 Å². The van der Waals surface area contributed by atoms with Crippen molar-refractivity contribution in [3.63, 3.8) is 0 Å². The number of hydrogen-bond acceptors (Lipinski definition) is 6. The van der Waals surface area contributed by atoms with Crippen LogP contribution in [0.5, 0.6) is 0 Å². The average Bonchev–Trinajstić information content (AvgIpc) is 3.27. The van der Waals surface area contributed by atoms with Gasteiger partial charge >= 0.3 is 0 Å². The molecule has 1 unspecified atom stereocenters. The second-order valence-electron chi connectivity index (χ2n) is 7.59. The maximum Gasteiger partial charge on any atom is 0.290 e. The number of primary amides is 1. The Morgan fingerprint density at radius 1 is 1.27 bits per heavy atom. The Morgan fingerprint density at radius 3 is 2.57 bits per heavy atom. The summed E-state index contributed by atoms with van der Waals surface area (Å²) in [6.07, 6.45) is 6.54. The average molecular weight is 422 g/mol. The fraction of sp³-hybridized carbons (Fsp3) is 0.632. The van der Waals surface area contributed by atoms with Crippen molar-refractivity contribution in [2.24, 2.45) is 17.6 Å². The third-order valence-electron chi connectivity index (χ3n) is 5.45. The molecule has 2 saturated heterocycles. The van der Waals surface area contributed by atoms with Crippen LogP contribution in [0.4, 0.5) is 0 Å². The highest BCUT2D eigenvalue weighted by Gasteiger charge is 2.28. The molecule has 1 aromatic heterocycles. The van der Waals surface area contributed by atoms with E-state index in [-0.39, 0.29) is 36.7 Å². The molecular weight excluding hydrogens is 392 g/mol. The van der Waals surface area contributed by atoms with Gasteiger partial charge in [-0.25, -0.2) is 4.98 Å². The Hall–Kier alpha value is -2.95. The summed E-state index contributed by atoms with van der Waals surface area (Å²) in [5.41, 5.74) is 5.76. The lowest BCUT2D eigenvalue weighted by Gasteiger charge is -2.33. The summed E-state index contributed by atoms with van der Waals surface area (Å²) in [4.78, 5) is 54.7. The summed E-state index contributed by atoms with van der Waals surface area (Å²) in [6.45, 7) is 3.38. The number of nitrogens with two attached hydrogens (primary N) is 1. The highest BCUT2D eigenvalue weighted by molar-refractivity contribution is 5.92. The van der Waals surface area contributed by atoms with Gasteiger partial charge in [0.15, 0.2) is 0 Å². The number of piperidine rings is 2. The molecule has 0 aliphatic carbocycles. The molecule has 1 atom stereocenters. The van der Waals surface area contributed by atoms with Crippen LogP contribution in [0.25, 0.3) is 0 Å². The first-order valence-corrected chi connectivity index (χ1v) is 10.1. The molecule has 30 heavy (non-hydrogen) atoms. The number of rotatable bonds is 6. The number of carbonyl (C=O) groups is 4. The van der Waals surface area contributed by atoms with E-state index < -0.39 is 0 Å². The smallest absolute Gasteiger partial charge is 0.290 e. The van der Waals surface area contributed by atoms with Gasteiger partial charge in [0.05, 0.1) is 25.0 Å². The number of amides is 3. The summed E-state index contributed by atoms with van der Waals surface area (Å²) in [7, 11) is 0. The lowest BCUT2D eigenvalue weighted by molar-refractivity contribution is -0.128. The van der Waals surface area contributed by atoms with Crippen LogP contribution in [-0.4, -0.2) is 88.3 Å². The van der Waals surface area contributed by atoms with Gasteiger partial charge in [0.1, 0.15) is 5.69 Å². The maximum absolute atomic E-state index is 12.5. The van der Waals surface area contributed by atoms with Crippen molar-refractivity contribution >= 4 is 24.2 Å². The van der Waals surface area contributed by atoms with Crippen molar-refractivity contribution in [3.05, 3.63) is 18.2 Å². The molecule has 0 spiro atoms. The van der Waals surface area contributed by atoms with Gasteiger partial charge in [-0.2, -0.15) is 0 Å². The first-order valence-electron chi connectivity index (χ1n) is 10.1. The van der Waals surface area contributed by atoms with Gasteiger partial charge in [-0.3, -0.25) is 24.1 Å². The highest BCUT2D eigenvalue weighted by Crippen LogP contribution is 2.19. The Kier molecular flexibility index (Phi) is 9.26. The predicted octanol–water partition coefficient (Wildman–Crippen LogP) is -0.724. The van der Waals surface area contributed by atoms with Crippen LogP contribution in [0.3, 0.4) is 0 Å². The van der Waals surface area contributed by atoms with Crippen LogP contribution < -0.4 is 11.1 Å². The van der Waals surface area contributed by atoms with Crippen LogP contribution in [-0.2, 0) is 14.4 Å². The van der Waals surface area contributed by atoms with Crippen molar-refractivity contribution in [2.45, 2.75) is 25.7 Å². The molecule has 0 bridgehead atoms. The number of H-pyrrole nitrogens is 1. The summed E-state index contributed by atoms with van der Waals surface area (Å²) in [5.74, 6) is -0.0235. The van der Waals surface area contributed by atoms with E-state index in [1.54, 1.807) is 6.20 Å². The van der Waals surface area contributed by atoms with Crippen molar-refractivity contribution in [3.8, 4) is 0 Å². The first kappa shape index (κ1) is 23.3. The minimum atomic E-state index is -0.354. The minimum Gasteiger partial charge on any atom is -0.483 e. The third kappa shape index (κ3) is 7.14. The normalized spacial score (nSPS) is 20.0. The number of aromatic amines is 1.